The average Bonchev–Trinajstić information content (AvgIpc) is 2.49. The minimum atomic E-state index is -0.417. The van der Waals surface area contributed by atoms with Crippen LogP contribution in [-0.4, -0.2) is 22.4 Å². The Balaban J connectivity index is 2.10. The number of halogens is 2. The molecule has 0 radical (unpaired) electrons. The second kappa shape index (κ2) is 7.24. The van der Waals surface area contributed by atoms with Crippen molar-refractivity contribution in [3.63, 3.8) is 0 Å². The lowest BCUT2D eigenvalue weighted by atomic mass is 10.3. The zero-order valence-corrected chi connectivity index (χ0v) is 12.9. The van der Waals surface area contributed by atoms with Gasteiger partial charge < -0.3 is 10.6 Å². The van der Waals surface area contributed by atoms with E-state index in [1.807, 2.05) is 0 Å². The van der Waals surface area contributed by atoms with Gasteiger partial charge in [0.1, 0.15) is 11.5 Å². The molecule has 0 fully saturated rings. The number of para-hydroxylation sites is 1. The number of aromatic nitrogens is 2. The molecule has 1 amide bonds. The Morgan fingerprint density at radius 2 is 1.90 bits per heavy atom. The zero-order chi connectivity index (χ0) is 15.2. The highest BCUT2D eigenvalue weighted by Crippen LogP contribution is 2.29. The molecule has 0 aliphatic rings. The van der Waals surface area contributed by atoms with E-state index in [1.165, 1.54) is 12.4 Å². The number of hydrogen-bond donors (Lipinski definition) is 2. The number of benzene rings is 1. The lowest BCUT2D eigenvalue weighted by Crippen LogP contribution is -2.15. The normalized spacial score (nSPS) is 10.2. The second-order valence-corrected chi connectivity index (χ2v) is 5.08. The molecule has 2 N–H and O–H groups in total. The van der Waals surface area contributed by atoms with Crippen molar-refractivity contribution < 1.29 is 4.79 Å². The van der Waals surface area contributed by atoms with Crippen LogP contribution in [0.4, 0.5) is 11.5 Å². The van der Waals surface area contributed by atoms with E-state index in [-0.39, 0.29) is 5.69 Å². The number of nitrogens with one attached hydrogen (secondary N) is 2. The first kappa shape index (κ1) is 15.5. The maximum absolute atomic E-state index is 12.1. The van der Waals surface area contributed by atoms with Crippen LogP contribution >= 0.6 is 23.2 Å². The Kier molecular flexibility index (Phi) is 5.36. The smallest absolute Gasteiger partial charge is 0.275 e. The molecule has 110 valence electrons. The molecule has 21 heavy (non-hydrogen) atoms. The SMILES string of the molecule is CCCNc1cnc(C(=O)Nc2c(Cl)cccc2Cl)cn1. The predicted molar refractivity (Wildman–Crippen MR) is 85.2 cm³/mol. The molecule has 0 bridgehead atoms. The summed E-state index contributed by atoms with van der Waals surface area (Å²) in [5.41, 5.74) is 0.550. The summed E-state index contributed by atoms with van der Waals surface area (Å²) in [5, 5.41) is 6.44. The minimum absolute atomic E-state index is 0.188. The molecule has 0 saturated carbocycles. The van der Waals surface area contributed by atoms with E-state index in [2.05, 4.69) is 27.5 Å². The van der Waals surface area contributed by atoms with Gasteiger partial charge in [-0.05, 0) is 18.6 Å². The van der Waals surface area contributed by atoms with E-state index in [9.17, 15) is 4.79 Å². The minimum Gasteiger partial charge on any atom is -0.369 e. The van der Waals surface area contributed by atoms with Gasteiger partial charge in [-0.3, -0.25) is 4.79 Å². The summed E-state index contributed by atoms with van der Waals surface area (Å²) in [6.45, 7) is 2.85. The van der Waals surface area contributed by atoms with Gasteiger partial charge in [0.15, 0.2) is 0 Å². The van der Waals surface area contributed by atoms with Crippen molar-refractivity contribution in [3.8, 4) is 0 Å². The first-order valence-corrected chi connectivity index (χ1v) is 7.18. The van der Waals surface area contributed by atoms with Crippen LogP contribution in [0.5, 0.6) is 0 Å². The summed E-state index contributed by atoms with van der Waals surface area (Å²) in [6, 6.07) is 4.99. The molecule has 0 saturated heterocycles. The Bertz CT molecular complexity index is 611. The van der Waals surface area contributed by atoms with Gasteiger partial charge >= 0.3 is 0 Å². The standard InChI is InChI=1S/C14H14Cl2N4O/c1-2-6-17-12-8-18-11(7-19-12)14(21)20-13-9(15)4-3-5-10(13)16/h3-5,7-8H,2,6H2,1H3,(H,17,19)(H,20,21). The quantitative estimate of drug-likeness (QED) is 0.876. The molecule has 1 aromatic heterocycles. The lowest BCUT2D eigenvalue weighted by molar-refractivity contribution is 0.102. The Morgan fingerprint density at radius 3 is 2.48 bits per heavy atom. The molecular formula is C14H14Cl2N4O. The summed E-state index contributed by atoms with van der Waals surface area (Å²) < 4.78 is 0. The summed E-state index contributed by atoms with van der Waals surface area (Å²) >= 11 is 12.0. The highest BCUT2D eigenvalue weighted by atomic mass is 35.5. The lowest BCUT2D eigenvalue weighted by Gasteiger charge is -2.09. The fourth-order valence-electron chi connectivity index (χ4n) is 1.58. The van der Waals surface area contributed by atoms with Gasteiger partial charge in [0.2, 0.25) is 0 Å². The van der Waals surface area contributed by atoms with E-state index in [0.29, 0.717) is 21.6 Å². The summed E-state index contributed by atoms with van der Waals surface area (Å²) in [4.78, 5) is 20.3. The molecule has 1 heterocycles. The number of rotatable bonds is 5. The zero-order valence-electron chi connectivity index (χ0n) is 11.4. The maximum atomic E-state index is 12.1. The third kappa shape index (κ3) is 4.06. The van der Waals surface area contributed by atoms with Crippen LogP contribution in [0.2, 0.25) is 10.0 Å². The molecule has 0 aliphatic heterocycles. The number of hydrogen-bond acceptors (Lipinski definition) is 4. The topological polar surface area (TPSA) is 66.9 Å². The molecule has 2 rings (SSSR count). The molecular weight excluding hydrogens is 311 g/mol. The highest BCUT2D eigenvalue weighted by molar-refractivity contribution is 6.39. The van der Waals surface area contributed by atoms with Crippen molar-refractivity contribution in [2.45, 2.75) is 13.3 Å². The summed E-state index contributed by atoms with van der Waals surface area (Å²) in [6.07, 6.45) is 3.89. The summed E-state index contributed by atoms with van der Waals surface area (Å²) in [5.74, 6) is 0.212. The van der Waals surface area contributed by atoms with E-state index < -0.39 is 5.91 Å². The van der Waals surface area contributed by atoms with Crippen molar-refractivity contribution in [2.24, 2.45) is 0 Å². The molecule has 1 aromatic carbocycles. The number of carbonyl (C=O) groups excluding carboxylic acids is 1. The van der Waals surface area contributed by atoms with Crippen LogP contribution < -0.4 is 10.6 Å². The van der Waals surface area contributed by atoms with Gasteiger partial charge in [0.25, 0.3) is 5.91 Å². The van der Waals surface area contributed by atoms with Crippen LogP contribution in [-0.2, 0) is 0 Å². The van der Waals surface area contributed by atoms with Gasteiger partial charge in [0, 0.05) is 6.54 Å². The van der Waals surface area contributed by atoms with Crippen molar-refractivity contribution in [2.75, 3.05) is 17.2 Å². The van der Waals surface area contributed by atoms with Crippen molar-refractivity contribution >= 4 is 40.6 Å². The van der Waals surface area contributed by atoms with Crippen molar-refractivity contribution in [1.82, 2.24) is 9.97 Å². The molecule has 2 aromatic rings. The Morgan fingerprint density at radius 1 is 1.19 bits per heavy atom. The largest absolute Gasteiger partial charge is 0.369 e. The number of amides is 1. The van der Waals surface area contributed by atoms with Crippen LogP contribution in [0.3, 0.4) is 0 Å². The van der Waals surface area contributed by atoms with E-state index in [1.54, 1.807) is 18.2 Å². The number of carbonyl (C=O) groups is 1. The van der Waals surface area contributed by atoms with Crippen LogP contribution in [0.25, 0.3) is 0 Å². The highest BCUT2D eigenvalue weighted by Gasteiger charge is 2.12. The molecule has 0 unspecified atom stereocenters. The second-order valence-electron chi connectivity index (χ2n) is 4.26. The fourth-order valence-corrected chi connectivity index (χ4v) is 2.08. The van der Waals surface area contributed by atoms with Crippen LogP contribution in [0.15, 0.2) is 30.6 Å². The third-order valence-corrected chi connectivity index (χ3v) is 3.27. The number of nitrogens with zero attached hydrogens (tertiary/aromatic N) is 2. The van der Waals surface area contributed by atoms with Gasteiger partial charge in [-0.15, -0.1) is 0 Å². The van der Waals surface area contributed by atoms with E-state index in [4.69, 9.17) is 23.2 Å². The number of anilines is 2. The molecule has 5 nitrogen and oxygen atoms in total. The van der Waals surface area contributed by atoms with Crippen molar-refractivity contribution in [1.29, 1.82) is 0 Å². The maximum Gasteiger partial charge on any atom is 0.275 e. The van der Waals surface area contributed by atoms with Gasteiger partial charge in [0.05, 0.1) is 28.1 Å². The van der Waals surface area contributed by atoms with Crippen LogP contribution in [0, 0.1) is 0 Å². The Labute approximate surface area is 132 Å². The molecule has 0 atom stereocenters. The first-order chi connectivity index (χ1) is 10.1. The average molecular weight is 325 g/mol. The fraction of sp³-hybridized carbons (Fsp3) is 0.214. The van der Waals surface area contributed by atoms with E-state index in [0.717, 1.165) is 13.0 Å². The molecule has 0 aliphatic carbocycles. The van der Waals surface area contributed by atoms with Gasteiger partial charge in [-0.2, -0.15) is 0 Å². The monoisotopic (exact) mass is 324 g/mol. The van der Waals surface area contributed by atoms with Crippen molar-refractivity contribution in [3.05, 3.63) is 46.3 Å². The molecule has 7 heteroatoms. The summed E-state index contributed by atoms with van der Waals surface area (Å²) in [7, 11) is 0. The van der Waals surface area contributed by atoms with Crippen LogP contribution in [0.1, 0.15) is 23.8 Å². The third-order valence-electron chi connectivity index (χ3n) is 2.64. The molecule has 0 spiro atoms. The van der Waals surface area contributed by atoms with Gasteiger partial charge in [-0.25, -0.2) is 9.97 Å². The predicted octanol–water partition coefficient (Wildman–Crippen LogP) is 3.86. The first-order valence-electron chi connectivity index (χ1n) is 6.43. The van der Waals surface area contributed by atoms with E-state index >= 15 is 0 Å². The Hall–Kier alpha value is -1.85. The van der Waals surface area contributed by atoms with Gasteiger partial charge in [-0.1, -0.05) is 36.2 Å².